The molecule has 0 aliphatic rings. The Morgan fingerprint density at radius 1 is 1.60 bits per heavy atom. The fourth-order valence-corrected chi connectivity index (χ4v) is 0.464. The highest BCUT2D eigenvalue weighted by molar-refractivity contribution is 5.73. The van der Waals surface area contributed by atoms with E-state index in [1.54, 1.807) is 21.0 Å². The van der Waals surface area contributed by atoms with E-state index in [1.807, 2.05) is 0 Å². The molecule has 0 rings (SSSR count). The van der Waals surface area contributed by atoms with Gasteiger partial charge in [-0.3, -0.25) is 4.79 Å². The van der Waals surface area contributed by atoms with Gasteiger partial charge in [0.05, 0.1) is 5.41 Å². The molecule has 0 unspecified atom stereocenters. The highest BCUT2D eigenvalue weighted by atomic mass is 16.5. The van der Waals surface area contributed by atoms with E-state index in [1.165, 1.54) is 0 Å². The van der Waals surface area contributed by atoms with Crippen LogP contribution in [0.2, 0.25) is 0 Å². The fraction of sp³-hybridized carbons (Fsp3) is 0.857. The van der Waals surface area contributed by atoms with E-state index in [0.717, 1.165) is 0 Å². The number of carbonyl (C=O) groups is 1. The van der Waals surface area contributed by atoms with Crippen LogP contribution in [0, 0.1) is 5.41 Å². The molecule has 0 radical (unpaired) electrons. The molecule has 3 heteroatoms. The number of methoxy groups -OCH3 is 1. The molecular formula is C7H14O3. The second-order valence-corrected chi connectivity index (χ2v) is 2.93. The van der Waals surface area contributed by atoms with Gasteiger partial charge >= 0.3 is 5.97 Å². The van der Waals surface area contributed by atoms with E-state index in [2.05, 4.69) is 0 Å². The predicted molar refractivity (Wildman–Crippen MR) is 37.9 cm³/mol. The molecule has 10 heavy (non-hydrogen) atoms. The number of carboxylic acid groups (broad SMARTS) is 1. The molecule has 3 nitrogen and oxygen atoms in total. The number of hydrogen-bond acceptors (Lipinski definition) is 2. The molecule has 0 aromatic carbocycles. The molecule has 0 aromatic heterocycles. The van der Waals surface area contributed by atoms with Crippen molar-refractivity contribution in [2.24, 2.45) is 5.41 Å². The van der Waals surface area contributed by atoms with Crippen molar-refractivity contribution in [3.8, 4) is 0 Å². The van der Waals surface area contributed by atoms with Gasteiger partial charge in [-0.2, -0.15) is 0 Å². The summed E-state index contributed by atoms with van der Waals surface area (Å²) >= 11 is 0. The maximum Gasteiger partial charge on any atom is 0.309 e. The van der Waals surface area contributed by atoms with Crippen molar-refractivity contribution in [3.63, 3.8) is 0 Å². The maximum absolute atomic E-state index is 10.5. The third-order valence-corrected chi connectivity index (χ3v) is 1.51. The molecule has 0 aliphatic heterocycles. The summed E-state index contributed by atoms with van der Waals surface area (Å²) < 4.78 is 4.76. The molecule has 0 aliphatic carbocycles. The van der Waals surface area contributed by atoms with E-state index < -0.39 is 11.4 Å². The van der Waals surface area contributed by atoms with Crippen molar-refractivity contribution < 1.29 is 14.6 Å². The quantitative estimate of drug-likeness (QED) is 0.646. The minimum absolute atomic E-state index is 0.499. The van der Waals surface area contributed by atoms with Crippen LogP contribution in [0.4, 0.5) is 0 Å². The molecule has 0 amide bonds. The number of aliphatic carboxylic acids is 1. The normalized spacial score (nSPS) is 11.5. The first-order valence-corrected chi connectivity index (χ1v) is 3.23. The lowest BCUT2D eigenvalue weighted by Crippen LogP contribution is -2.24. The standard InChI is InChI=1S/C7H14O3/c1-7(2,6(8)9)4-5-10-3/h4-5H2,1-3H3,(H,8,9). The van der Waals surface area contributed by atoms with E-state index in [9.17, 15) is 4.79 Å². The summed E-state index contributed by atoms with van der Waals surface area (Å²) in [5.41, 5.74) is -0.657. The zero-order valence-corrected chi connectivity index (χ0v) is 6.68. The highest BCUT2D eigenvalue weighted by Gasteiger charge is 2.26. The SMILES string of the molecule is COCCC(C)(C)C(=O)O. The van der Waals surface area contributed by atoms with Gasteiger partial charge in [-0.05, 0) is 20.3 Å². The van der Waals surface area contributed by atoms with Crippen LogP contribution >= 0.6 is 0 Å². The van der Waals surface area contributed by atoms with E-state index in [-0.39, 0.29) is 0 Å². The summed E-state index contributed by atoms with van der Waals surface area (Å²) in [4.78, 5) is 10.5. The fourth-order valence-electron chi connectivity index (χ4n) is 0.464. The molecular weight excluding hydrogens is 132 g/mol. The number of rotatable bonds is 4. The zero-order chi connectivity index (χ0) is 8.20. The van der Waals surface area contributed by atoms with Crippen molar-refractivity contribution in [1.82, 2.24) is 0 Å². The predicted octanol–water partition coefficient (Wildman–Crippen LogP) is 1.13. The van der Waals surface area contributed by atoms with Crippen molar-refractivity contribution in [2.45, 2.75) is 20.3 Å². The van der Waals surface area contributed by atoms with Crippen molar-refractivity contribution in [1.29, 1.82) is 0 Å². The first-order chi connectivity index (χ1) is 4.50. The van der Waals surface area contributed by atoms with Crippen LogP contribution in [0.15, 0.2) is 0 Å². The Morgan fingerprint density at radius 2 is 2.10 bits per heavy atom. The van der Waals surface area contributed by atoms with Gasteiger partial charge in [0.25, 0.3) is 0 Å². The van der Waals surface area contributed by atoms with Gasteiger partial charge in [0, 0.05) is 13.7 Å². The third kappa shape index (κ3) is 2.82. The average Bonchev–Trinajstić information content (AvgIpc) is 1.84. The monoisotopic (exact) mass is 146 g/mol. The third-order valence-electron chi connectivity index (χ3n) is 1.51. The van der Waals surface area contributed by atoms with Gasteiger partial charge in [-0.1, -0.05) is 0 Å². The van der Waals surface area contributed by atoms with Crippen molar-refractivity contribution >= 4 is 5.97 Å². The van der Waals surface area contributed by atoms with E-state index in [0.29, 0.717) is 13.0 Å². The van der Waals surface area contributed by atoms with Gasteiger partial charge < -0.3 is 9.84 Å². The summed E-state index contributed by atoms with van der Waals surface area (Å²) in [7, 11) is 1.57. The van der Waals surface area contributed by atoms with Crippen LogP contribution in [-0.4, -0.2) is 24.8 Å². The smallest absolute Gasteiger partial charge is 0.309 e. The molecule has 1 N–H and O–H groups in total. The Kier molecular flexibility index (Phi) is 3.36. The maximum atomic E-state index is 10.5. The lowest BCUT2D eigenvalue weighted by molar-refractivity contribution is -0.147. The van der Waals surface area contributed by atoms with Gasteiger partial charge in [-0.25, -0.2) is 0 Å². The van der Waals surface area contributed by atoms with Crippen LogP contribution < -0.4 is 0 Å². The Morgan fingerprint density at radius 3 is 2.40 bits per heavy atom. The Hall–Kier alpha value is -0.570. The molecule has 0 spiro atoms. The average molecular weight is 146 g/mol. The topological polar surface area (TPSA) is 46.5 Å². The van der Waals surface area contributed by atoms with E-state index in [4.69, 9.17) is 9.84 Å². The van der Waals surface area contributed by atoms with Gasteiger partial charge in [-0.15, -0.1) is 0 Å². The van der Waals surface area contributed by atoms with Crippen LogP contribution in [0.3, 0.4) is 0 Å². The first kappa shape index (κ1) is 9.43. The van der Waals surface area contributed by atoms with Crippen LogP contribution in [0.1, 0.15) is 20.3 Å². The molecule has 0 saturated carbocycles. The molecule has 60 valence electrons. The Labute approximate surface area is 61.0 Å². The number of carboxylic acids is 1. The summed E-state index contributed by atoms with van der Waals surface area (Å²) in [6.45, 7) is 3.88. The first-order valence-electron chi connectivity index (χ1n) is 3.23. The van der Waals surface area contributed by atoms with Crippen LogP contribution in [0.25, 0.3) is 0 Å². The van der Waals surface area contributed by atoms with Crippen LogP contribution in [-0.2, 0) is 9.53 Å². The number of ether oxygens (including phenoxy) is 1. The van der Waals surface area contributed by atoms with Gasteiger partial charge in [0.15, 0.2) is 0 Å². The van der Waals surface area contributed by atoms with Crippen molar-refractivity contribution in [3.05, 3.63) is 0 Å². The summed E-state index contributed by atoms with van der Waals surface area (Å²) in [5, 5.41) is 8.61. The summed E-state index contributed by atoms with van der Waals surface area (Å²) in [6.07, 6.45) is 0.554. The molecule has 0 atom stereocenters. The minimum Gasteiger partial charge on any atom is -0.481 e. The molecule has 0 saturated heterocycles. The second-order valence-electron chi connectivity index (χ2n) is 2.93. The largest absolute Gasteiger partial charge is 0.481 e. The van der Waals surface area contributed by atoms with Gasteiger partial charge in [0.1, 0.15) is 0 Å². The Bertz CT molecular complexity index is 118. The van der Waals surface area contributed by atoms with Crippen molar-refractivity contribution in [2.75, 3.05) is 13.7 Å². The summed E-state index contributed by atoms with van der Waals surface area (Å²) in [6, 6.07) is 0. The lowest BCUT2D eigenvalue weighted by Gasteiger charge is -2.17. The van der Waals surface area contributed by atoms with E-state index >= 15 is 0 Å². The van der Waals surface area contributed by atoms with Crippen LogP contribution in [0.5, 0.6) is 0 Å². The molecule has 0 bridgehead atoms. The molecule has 0 fully saturated rings. The van der Waals surface area contributed by atoms with Gasteiger partial charge in [0.2, 0.25) is 0 Å². The summed E-state index contributed by atoms with van der Waals surface area (Å²) in [5.74, 6) is -0.774. The lowest BCUT2D eigenvalue weighted by atomic mass is 9.90. The molecule has 0 aromatic rings. The second kappa shape index (κ2) is 3.56. The number of hydrogen-bond donors (Lipinski definition) is 1. The Balaban J connectivity index is 3.75. The minimum atomic E-state index is -0.774. The zero-order valence-electron chi connectivity index (χ0n) is 6.68. The highest BCUT2D eigenvalue weighted by Crippen LogP contribution is 2.19. The molecule has 0 heterocycles.